The SMILES string of the molecule is CCCCCC/C=C/C=C/CCCCCCCC(=O)OC[C@H](CO[C@@H]1O[C@H](CO)[C@H](O)C(O)C1O)OC(=O)CCCCCCCCCCC/C=C/CCCCCCCC. The maximum Gasteiger partial charge on any atom is 0.306 e. The molecule has 1 aliphatic heterocycles. The predicted molar refractivity (Wildman–Crippen MR) is 238 cm³/mol. The molecule has 0 radical (unpaired) electrons. The summed E-state index contributed by atoms with van der Waals surface area (Å²) < 4.78 is 22.2. The largest absolute Gasteiger partial charge is 0.462 e. The lowest BCUT2D eigenvalue weighted by Gasteiger charge is -2.39. The Balaban J connectivity index is 2.30. The lowest BCUT2D eigenvalue weighted by atomic mass is 9.99. The summed E-state index contributed by atoms with van der Waals surface area (Å²) in [5, 5.41) is 40.1. The van der Waals surface area contributed by atoms with Gasteiger partial charge in [-0.05, 0) is 64.2 Å². The van der Waals surface area contributed by atoms with E-state index in [4.69, 9.17) is 18.9 Å². The summed E-state index contributed by atoms with van der Waals surface area (Å²) >= 11 is 0. The molecule has 1 aliphatic rings. The molecule has 59 heavy (non-hydrogen) atoms. The van der Waals surface area contributed by atoms with Gasteiger partial charge in [-0.15, -0.1) is 0 Å². The summed E-state index contributed by atoms with van der Waals surface area (Å²) in [4.78, 5) is 25.4. The third kappa shape index (κ3) is 31.4. The highest BCUT2D eigenvalue weighted by molar-refractivity contribution is 5.70. The lowest BCUT2D eigenvalue weighted by Crippen LogP contribution is -2.59. The van der Waals surface area contributed by atoms with E-state index in [0.717, 1.165) is 57.8 Å². The van der Waals surface area contributed by atoms with E-state index >= 15 is 0 Å². The minimum absolute atomic E-state index is 0.225. The Morgan fingerprint density at radius 1 is 0.525 bits per heavy atom. The van der Waals surface area contributed by atoms with Gasteiger partial charge in [0, 0.05) is 12.8 Å². The van der Waals surface area contributed by atoms with Crippen LogP contribution in [0.1, 0.15) is 206 Å². The fourth-order valence-electron chi connectivity index (χ4n) is 7.17. The Kier molecular flexibility index (Phi) is 37.3. The third-order valence-corrected chi connectivity index (χ3v) is 11.0. The van der Waals surface area contributed by atoms with Crippen molar-refractivity contribution in [3.63, 3.8) is 0 Å². The van der Waals surface area contributed by atoms with Crippen LogP contribution in [0.2, 0.25) is 0 Å². The van der Waals surface area contributed by atoms with Crippen molar-refractivity contribution in [2.24, 2.45) is 0 Å². The van der Waals surface area contributed by atoms with Crippen LogP contribution in [-0.4, -0.2) is 89.0 Å². The van der Waals surface area contributed by atoms with E-state index in [1.807, 2.05) is 0 Å². The molecule has 1 saturated heterocycles. The molecular formula is C49H88O10. The van der Waals surface area contributed by atoms with Crippen molar-refractivity contribution < 1.29 is 49.0 Å². The predicted octanol–water partition coefficient (Wildman–Crippen LogP) is 10.7. The molecule has 0 spiro atoms. The first-order valence-electron chi connectivity index (χ1n) is 24.1. The van der Waals surface area contributed by atoms with Gasteiger partial charge in [0.25, 0.3) is 0 Å². The second kappa shape index (κ2) is 40.0. The van der Waals surface area contributed by atoms with E-state index in [0.29, 0.717) is 12.8 Å². The van der Waals surface area contributed by atoms with Crippen molar-refractivity contribution in [3.05, 3.63) is 36.5 Å². The fourth-order valence-corrected chi connectivity index (χ4v) is 7.17. The van der Waals surface area contributed by atoms with E-state index in [2.05, 4.69) is 50.3 Å². The van der Waals surface area contributed by atoms with Gasteiger partial charge in [-0.3, -0.25) is 9.59 Å². The monoisotopic (exact) mass is 837 g/mol. The van der Waals surface area contributed by atoms with E-state index in [1.54, 1.807) is 0 Å². The van der Waals surface area contributed by atoms with Crippen molar-refractivity contribution in [1.82, 2.24) is 0 Å². The van der Waals surface area contributed by atoms with Crippen molar-refractivity contribution in [2.75, 3.05) is 19.8 Å². The highest BCUT2D eigenvalue weighted by Gasteiger charge is 2.44. The van der Waals surface area contributed by atoms with Crippen LogP contribution < -0.4 is 0 Å². The number of hydrogen-bond acceptors (Lipinski definition) is 10. The van der Waals surface area contributed by atoms with Crippen molar-refractivity contribution in [1.29, 1.82) is 0 Å². The number of esters is 2. The molecule has 0 aliphatic carbocycles. The van der Waals surface area contributed by atoms with Crippen LogP contribution in [0.25, 0.3) is 0 Å². The normalized spacial score (nSPS) is 20.3. The Labute approximate surface area is 359 Å². The average molecular weight is 837 g/mol. The van der Waals surface area contributed by atoms with Gasteiger partial charge in [-0.25, -0.2) is 0 Å². The summed E-state index contributed by atoms with van der Waals surface area (Å²) in [6.07, 6.45) is 38.6. The number of ether oxygens (including phenoxy) is 4. The van der Waals surface area contributed by atoms with E-state index in [-0.39, 0.29) is 32.0 Å². The third-order valence-electron chi connectivity index (χ3n) is 11.0. The van der Waals surface area contributed by atoms with Gasteiger partial charge in [0.1, 0.15) is 31.0 Å². The Morgan fingerprint density at radius 2 is 0.949 bits per heavy atom. The molecule has 6 atom stereocenters. The summed E-state index contributed by atoms with van der Waals surface area (Å²) in [5.74, 6) is -0.823. The van der Waals surface area contributed by atoms with Gasteiger partial charge < -0.3 is 39.4 Å². The second-order valence-electron chi connectivity index (χ2n) is 16.6. The van der Waals surface area contributed by atoms with Crippen LogP contribution in [-0.2, 0) is 28.5 Å². The van der Waals surface area contributed by atoms with Crippen LogP contribution in [0.5, 0.6) is 0 Å². The zero-order chi connectivity index (χ0) is 43.0. The summed E-state index contributed by atoms with van der Waals surface area (Å²) in [7, 11) is 0. The molecule has 0 aromatic heterocycles. The molecule has 0 amide bonds. The zero-order valence-electron chi connectivity index (χ0n) is 37.5. The van der Waals surface area contributed by atoms with Crippen molar-refractivity contribution in [2.45, 2.75) is 243 Å². The Bertz CT molecular complexity index is 1060. The molecule has 0 saturated carbocycles. The van der Waals surface area contributed by atoms with Gasteiger partial charge in [0.05, 0.1) is 13.2 Å². The highest BCUT2D eigenvalue weighted by atomic mass is 16.7. The molecule has 0 aromatic rings. The number of carbonyl (C=O) groups excluding carboxylic acids is 2. The summed E-state index contributed by atoms with van der Waals surface area (Å²) in [5.41, 5.74) is 0. The quantitative estimate of drug-likeness (QED) is 0.0203. The lowest BCUT2D eigenvalue weighted by molar-refractivity contribution is -0.305. The summed E-state index contributed by atoms with van der Waals surface area (Å²) in [6, 6.07) is 0. The number of carbonyl (C=O) groups is 2. The van der Waals surface area contributed by atoms with E-state index in [1.165, 1.54) is 109 Å². The number of hydrogen-bond donors (Lipinski definition) is 4. The fraction of sp³-hybridized carbons (Fsp3) is 0.837. The van der Waals surface area contributed by atoms with Crippen LogP contribution in [0.15, 0.2) is 36.5 Å². The van der Waals surface area contributed by atoms with Crippen LogP contribution >= 0.6 is 0 Å². The highest BCUT2D eigenvalue weighted by Crippen LogP contribution is 2.23. The molecule has 10 nitrogen and oxygen atoms in total. The first-order valence-corrected chi connectivity index (χ1v) is 24.1. The first kappa shape index (κ1) is 54.9. The van der Waals surface area contributed by atoms with Crippen molar-refractivity contribution >= 4 is 11.9 Å². The molecule has 1 heterocycles. The maximum absolute atomic E-state index is 12.8. The van der Waals surface area contributed by atoms with Gasteiger partial charge in [-0.1, -0.05) is 166 Å². The van der Waals surface area contributed by atoms with Gasteiger partial charge in [0.2, 0.25) is 0 Å². The van der Waals surface area contributed by atoms with Crippen molar-refractivity contribution in [3.8, 4) is 0 Å². The molecule has 0 bridgehead atoms. The van der Waals surface area contributed by atoms with E-state index in [9.17, 15) is 30.0 Å². The van der Waals surface area contributed by atoms with Crippen LogP contribution in [0, 0.1) is 0 Å². The number of aliphatic hydroxyl groups excluding tert-OH is 4. The zero-order valence-corrected chi connectivity index (χ0v) is 37.5. The molecule has 10 heteroatoms. The minimum atomic E-state index is -1.60. The van der Waals surface area contributed by atoms with Gasteiger partial charge in [-0.2, -0.15) is 0 Å². The number of rotatable bonds is 40. The van der Waals surface area contributed by atoms with E-state index < -0.39 is 49.4 Å². The smallest absolute Gasteiger partial charge is 0.306 e. The number of allylic oxidation sites excluding steroid dienone is 6. The molecule has 344 valence electrons. The standard InChI is InChI=1S/C49H88O10/c1-3-5-7-9-11-13-15-17-19-20-21-22-24-26-28-30-32-34-36-38-45(52)58-42(41-57-49-48(55)47(54)46(53)43(39-50)59-49)40-56-44(51)37-35-33-31-29-27-25-23-18-16-14-12-10-8-6-4-2/h14,16-19,23,42-43,46-50,53-55H,3-13,15,20-22,24-41H2,1-2H3/b16-14+,19-17+,23-18+/t42-,43-,46+,47?,48?,49-/m1/s1. The molecular weight excluding hydrogens is 749 g/mol. The maximum atomic E-state index is 12.8. The average Bonchev–Trinajstić information content (AvgIpc) is 3.23. The van der Waals surface area contributed by atoms with Gasteiger partial charge in [0.15, 0.2) is 12.4 Å². The summed E-state index contributed by atoms with van der Waals surface area (Å²) in [6.45, 7) is 3.39. The Morgan fingerprint density at radius 3 is 1.44 bits per heavy atom. The van der Waals surface area contributed by atoms with Gasteiger partial charge >= 0.3 is 11.9 Å². The topological polar surface area (TPSA) is 152 Å². The second-order valence-corrected chi connectivity index (χ2v) is 16.6. The molecule has 0 aromatic carbocycles. The van der Waals surface area contributed by atoms with Crippen LogP contribution in [0.3, 0.4) is 0 Å². The number of aliphatic hydroxyl groups is 4. The Hall–Kier alpha value is -2.08. The first-order chi connectivity index (χ1) is 28.8. The number of unbranched alkanes of at least 4 members (excludes halogenated alkanes) is 24. The molecule has 4 N–H and O–H groups in total. The molecule has 1 fully saturated rings. The molecule has 2 unspecified atom stereocenters. The minimum Gasteiger partial charge on any atom is -0.462 e. The molecule has 1 rings (SSSR count). The van der Waals surface area contributed by atoms with Crippen LogP contribution in [0.4, 0.5) is 0 Å².